The van der Waals surface area contributed by atoms with Crippen LogP contribution in [-0.4, -0.2) is 38.4 Å². The van der Waals surface area contributed by atoms with E-state index in [0.29, 0.717) is 22.3 Å². The Morgan fingerprint density at radius 1 is 1.13 bits per heavy atom. The predicted molar refractivity (Wildman–Crippen MR) is 75.6 cm³/mol. The molecular formula is C16H12GdO6. The zero-order valence-corrected chi connectivity index (χ0v) is 14.0. The zero-order chi connectivity index (χ0) is 15.6. The molecule has 1 aliphatic heterocycles. The zero-order valence-electron chi connectivity index (χ0n) is 11.7. The number of fused-ring (bicyclic) bond motifs is 4. The minimum Gasteiger partial charge on any atom is -0.504 e. The summed E-state index contributed by atoms with van der Waals surface area (Å²) in [6, 6.07) is 2.83. The molecule has 4 rings (SSSR count). The van der Waals surface area contributed by atoms with Gasteiger partial charge in [-0.15, -0.1) is 0 Å². The molecule has 0 fully saturated rings. The smallest absolute Gasteiger partial charge is 0.220 e. The molecule has 3 aliphatic rings. The summed E-state index contributed by atoms with van der Waals surface area (Å²) in [5.41, 5.74) is 0.743. The van der Waals surface area contributed by atoms with E-state index in [1.165, 1.54) is 24.3 Å². The molecule has 0 bridgehead atoms. The molecule has 0 saturated carbocycles. The number of carbonyl (C=O) groups excluding carboxylic acids is 1. The molecule has 0 spiro atoms. The van der Waals surface area contributed by atoms with Gasteiger partial charge in [0.2, 0.25) is 11.5 Å². The van der Waals surface area contributed by atoms with Gasteiger partial charge in [-0.3, -0.25) is 4.79 Å². The third-order valence-corrected chi connectivity index (χ3v) is 4.24. The van der Waals surface area contributed by atoms with Gasteiger partial charge in [0.05, 0.1) is 0 Å². The van der Waals surface area contributed by atoms with Crippen LogP contribution >= 0.6 is 0 Å². The molecule has 6 nitrogen and oxygen atoms in total. The summed E-state index contributed by atoms with van der Waals surface area (Å²) in [6.45, 7) is -0.115. The number of allylic oxidation sites excluding steroid dienone is 3. The number of ether oxygens (including phenoxy) is 1. The molecule has 1 unspecified atom stereocenters. The van der Waals surface area contributed by atoms with Crippen molar-refractivity contribution in [2.24, 2.45) is 0 Å². The van der Waals surface area contributed by atoms with E-state index in [9.17, 15) is 25.2 Å². The number of aromatic hydroxyl groups is 2. The Morgan fingerprint density at radius 3 is 2.61 bits per heavy atom. The van der Waals surface area contributed by atoms with Gasteiger partial charge < -0.3 is 25.2 Å². The molecule has 2 aliphatic carbocycles. The maximum absolute atomic E-state index is 11.6. The molecule has 1 atom stereocenters. The van der Waals surface area contributed by atoms with Crippen molar-refractivity contribution in [3.05, 3.63) is 46.8 Å². The summed E-state index contributed by atoms with van der Waals surface area (Å²) in [7, 11) is 0. The number of phenols is 2. The average molecular weight is 458 g/mol. The molecule has 1 heterocycles. The first-order chi connectivity index (χ1) is 10.4. The molecule has 0 saturated heterocycles. The first-order valence-corrected chi connectivity index (χ1v) is 6.72. The van der Waals surface area contributed by atoms with E-state index in [1.807, 2.05) is 0 Å². The normalized spacial score (nSPS) is 24.7. The van der Waals surface area contributed by atoms with Crippen molar-refractivity contribution in [2.45, 2.75) is 12.0 Å². The van der Waals surface area contributed by atoms with Crippen LogP contribution in [0.3, 0.4) is 0 Å². The summed E-state index contributed by atoms with van der Waals surface area (Å²) >= 11 is 0. The maximum Gasteiger partial charge on any atom is 0.220 e. The Morgan fingerprint density at radius 2 is 1.87 bits per heavy atom. The van der Waals surface area contributed by atoms with Crippen molar-refractivity contribution in [3.8, 4) is 17.2 Å². The van der Waals surface area contributed by atoms with Gasteiger partial charge in [0.15, 0.2) is 17.3 Å². The van der Waals surface area contributed by atoms with Crippen molar-refractivity contribution in [3.63, 3.8) is 0 Å². The Kier molecular flexibility index (Phi) is 3.80. The second-order valence-electron chi connectivity index (χ2n) is 5.66. The van der Waals surface area contributed by atoms with Crippen molar-refractivity contribution in [1.29, 1.82) is 0 Å². The van der Waals surface area contributed by atoms with Crippen molar-refractivity contribution in [2.75, 3.05) is 6.61 Å². The third-order valence-electron chi connectivity index (χ3n) is 4.24. The number of carbonyl (C=O) groups is 1. The molecular weight excluding hydrogens is 445 g/mol. The minimum absolute atomic E-state index is 0. The van der Waals surface area contributed by atoms with E-state index in [0.717, 1.165) is 0 Å². The molecule has 0 aromatic heterocycles. The van der Waals surface area contributed by atoms with Gasteiger partial charge in [0, 0.05) is 57.5 Å². The van der Waals surface area contributed by atoms with Crippen molar-refractivity contribution >= 4 is 11.4 Å². The largest absolute Gasteiger partial charge is 0.504 e. The van der Waals surface area contributed by atoms with Crippen LogP contribution in [0.1, 0.15) is 12.0 Å². The van der Waals surface area contributed by atoms with E-state index in [2.05, 4.69) is 0 Å². The number of hydrogen-bond acceptors (Lipinski definition) is 6. The van der Waals surface area contributed by atoms with E-state index in [-0.39, 0.29) is 64.5 Å². The number of benzene rings is 1. The Labute approximate surface area is 163 Å². The molecule has 0 amide bonds. The number of hydrogen-bond donors (Lipinski definition) is 4. The Balaban J connectivity index is 0.00000156. The Hall–Kier alpha value is -1.41. The van der Waals surface area contributed by atoms with Crippen molar-refractivity contribution in [1.82, 2.24) is 0 Å². The van der Waals surface area contributed by atoms with E-state index >= 15 is 0 Å². The molecule has 1 aromatic rings. The predicted octanol–water partition coefficient (Wildman–Crippen LogP) is 1.33. The summed E-state index contributed by atoms with van der Waals surface area (Å²) < 4.78 is 5.42. The first-order valence-electron chi connectivity index (χ1n) is 6.72. The second kappa shape index (κ2) is 5.31. The fraction of sp³-hybridized carbons (Fsp3) is 0.188. The van der Waals surface area contributed by atoms with Crippen LogP contribution in [0.25, 0.3) is 5.57 Å². The van der Waals surface area contributed by atoms with Gasteiger partial charge in [-0.2, -0.15) is 0 Å². The molecule has 4 N–H and O–H groups in total. The van der Waals surface area contributed by atoms with Crippen LogP contribution in [0.4, 0.5) is 0 Å². The van der Waals surface area contributed by atoms with Gasteiger partial charge in [0.25, 0.3) is 0 Å². The molecule has 120 valence electrons. The van der Waals surface area contributed by atoms with Crippen LogP contribution in [0.2, 0.25) is 0 Å². The van der Waals surface area contributed by atoms with Crippen LogP contribution in [0.5, 0.6) is 17.2 Å². The minimum atomic E-state index is -1.33. The SMILES string of the molecule is O=C1C=C2CC3(O)COc4c(ccc(O)c4O)C3=C2C=C1O.[Gd]. The number of aliphatic hydroxyl groups is 2. The molecule has 1 aromatic carbocycles. The van der Waals surface area contributed by atoms with E-state index < -0.39 is 22.9 Å². The summed E-state index contributed by atoms with van der Waals surface area (Å²) in [5.74, 6) is -1.54. The Bertz CT molecular complexity index is 835. The summed E-state index contributed by atoms with van der Waals surface area (Å²) in [5, 5.41) is 40.0. The third kappa shape index (κ3) is 2.22. The van der Waals surface area contributed by atoms with Crippen LogP contribution < -0.4 is 4.74 Å². The monoisotopic (exact) mass is 458 g/mol. The fourth-order valence-corrected chi connectivity index (χ4v) is 3.26. The molecule has 0 radical (unpaired) electrons. The fourth-order valence-electron chi connectivity index (χ4n) is 3.26. The second-order valence-corrected chi connectivity index (χ2v) is 5.66. The van der Waals surface area contributed by atoms with E-state index in [1.54, 1.807) is 0 Å². The summed E-state index contributed by atoms with van der Waals surface area (Å²) in [4.78, 5) is 11.6. The van der Waals surface area contributed by atoms with Crippen LogP contribution in [-0.2, 0) is 4.79 Å². The van der Waals surface area contributed by atoms with Gasteiger partial charge in [-0.25, -0.2) is 0 Å². The van der Waals surface area contributed by atoms with Crippen molar-refractivity contribution < 1.29 is 69.9 Å². The van der Waals surface area contributed by atoms with Gasteiger partial charge in [-0.05, 0) is 35.4 Å². The number of phenolic OH excluding ortho intramolecular Hbond substituents is 2. The van der Waals surface area contributed by atoms with E-state index in [4.69, 9.17) is 4.74 Å². The standard InChI is InChI=1S/C16H12O6.Gd/c17-10-2-1-8-13-9-4-12(19)11(18)3-7(9)5-16(13,21)6-22-15(8)14(10)20;/h1-4,17,19-21H,5-6H2;. The molecule has 23 heavy (non-hydrogen) atoms. The van der Waals surface area contributed by atoms with Crippen LogP contribution in [0.15, 0.2) is 41.2 Å². The van der Waals surface area contributed by atoms with Gasteiger partial charge in [0.1, 0.15) is 12.2 Å². The number of ketones is 1. The number of aliphatic hydroxyl groups excluding tert-OH is 1. The van der Waals surface area contributed by atoms with Gasteiger partial charge >= 0.3 is 0 Å². The molecule has 7 heteroatoms. The topological polar surface area (TPSA) is 107 Å². The summed E-state index contributed by atoms with van der Waals surface area (Å²) in [6.07, 6.45) is 2.81. The number of rotatable bonds is 0. The van der Waals surface area contributed by atoms with Gasteiger partial charge in [-0.1, -0.05) is 0 Å². The maximum atomic E-state index is 11.6. The quantitative estimate of drug-likeness (QED) is 0.438. The van der Waals surface area contributed by atoms with Crippen LogP contribution in [0, 0.1) is 39.9 Å². The first kappa shape index (κ1) is 16.5. The average Bonchev–Trinajstić information content (AvgIpc) is 2.75.